The molecule has 2 rings (SSSR count). The quantitative estimate of drug-likeness (QED) is 0.823. The van der Waals surface area contributed by atoms with Gasteiger partial charge in [-0.05, 0) is 18.4 Å². The molecule has 2 N–H and O–H groups in total. The first-order chi connectivity index (χ1) is 10.1. The summed E-state index contributed by atoms with van der Waals surface area (Å²) in [7, 11) is 0. The van der Waals surface area contributed by atoms with Crippen LogP contribution in [0.5, 0.6) is 0 Å². The monoisotopic (exact) mass is 290 g/mol. The molecule has 6 heteroatoms. The van der Waals surface area contributed by atoms with Crippen molar-refractivity contribution in [2.45, 2.75) is 25.3 Å². The van der Waals surface area contributed by atoms with E-state index in [1.165, 1.54) is 4.90 Å². The van der Waals surface area contributed by atoms with Gasteiger partial charge in [0.2, 0.25) is 11.8 Å². The predicted octanol–water partition coefficient (Wildman–Crippen LogP) is 0.421. The van der Waals surface area contributed by atoms with E-state index in [0.717, 1.165) is 5.56 Å². The van der Waals surface area contributed by atoms with Gasteiger partial charge in [0.1, 0.15) is 6.04 Å². The van der Waals surface area contributed by atoms with E-state index >= 15 is 0 Å². The number of hydrogen-bond donors (Lipinski definition) is 2. The lowest BCUT2D eigenvalue weighted by Crippen LogP contribution is -2.45. The maximum absolute atomic E-state index is 12.0. The molecule has 1 aliphatic heterocycles. The molecule has 1 aromatic rings. The van der Waals surface area contributed by atoms with Crippen LogP contribution >= 0.6 is 0 Å². The Balaban J connectivity index is 1.81. The Kier molecular flexibility index (Phi) is 4.92. The summed E-state index contributed by atoms with van der Waals surface area (Å²) in [5.74, 6) is -1.58. The number of benzene rings is 1. The van der Waals surface area contributed by atoms with Crippen molar-refractivity contribution in [3.8, 4) is 0 Å². The van der Waals surface area contributed by atoms with Gasteiger partial charge in [-0.25, -0.2) is 4.79 Å². The Labute approximate surface area is 122 Å². The Morgan fingerprint density at radius 2 is 1.95 bits per heavy atom. The van der Waals surface area contributed by atoms with Gasteiger partial charge in [0, 0.05) is 6.54 Å². The smallest absolute Gasteiger partial charge is 0.326 e. The third kappa shape index (κ3) is 4.05. The molecule has 1 fully saturated rings. The molecule has 0 aliphatic carbocycles. The molecule has 0 aromatic heterocycles. The summed E-state index contributed by atoms with van der Waals surface area (Å²) in [5.41, 5.74) is 0.868. The standard InChI is InChI=1S/C15H18N2O4/c18-13(9-11-5-2-1-3-6-11)16-10-14(19)17-8-4-7-12(17)15(20)21/h1-3,5-6,12H,4,7-10H2,(H,16,18)(H,20,21). The number of carboxylic acids is 1. The number of rotatable bonds is 5. The lowest BCUT2D eigenvalue weighted by molar-refractivity contribution is -0.148. The van der Waals surface area contributed by atoms with E-state index < -0.39 is 12.0 Å². The van der Waals surface area contributed by atoms with Crippen molar-refractivity contribution in [2.24, 2.45) is 0 Å². The first kappa shape index (κ1) is 15.0. The summed E-state index contributed by atoms with van der Waals surface area (Å²) in [6, 6.07) is 8.46. The second-order valence-electron chi connectivity index (χ2n) is 5.02. The minimum Gasteiger partial charge on any atom is -0.480 e. The van der Waals surface area contributed by atoms with Crippen molar-refractivity contribution in [3.05, 3.63) is 35.9 Å². The van der Waals surface area contributed by atoms with Gasteiger partial charge >= 0.3 is 5.97 Å². The lowest BCUT2D eigenvalue weighted by Gasteiger charge is -2.21. The Bertz CT molecular complexity index is 530. The van der Waals surface area contributed by atoms with E-state index in [1.54, 1.807) is 0 Å². The SMILES string of the molecule is O=C(Cc1ccccc1)NCC(=O)N1CCCC1C(=O)O. The highest BCUT2D eigenvalue weighted by molar-refractivity contribution is 5.88. The van der Waals surface area contributed by atoms with Crippen LogP contribution in [-0.2, 0) is 20.8 Å². The maximum Gasteiger partial charge on any atom is 0.326 e. The van der Waals surface area contributed by atoms with Crippen LogP contribution in [0.4, 0.5) is 0 Å². The average Bonchev–Trinajstić information content (AvgIpc) is 2.95. The summed E-state index contributed by atoms with van der Waals surface area (Å²) in [6.45, 7) is 0.278. The molecule has 6 nitrogen and oxygen atoms in total. The molecule has 0 saturated carbocycles. The summed E-state index contributed by atoms with van der Waals surface area (Å²) < 4.78 is 0. The number of amides is 2. The minimum absolute atomic E-state index is 0.157. The van der Waals surface area contributed by atoms with Gasteiger partial charge in [0.05, 0.1) is 13.0 Å². The molecule has 112 valence electrons. The van der Waals surface area contributed by atoms with Crippen molar-refractivity contribution in [3.63, 3.8) is 0 Å². The van der Waals surface area contributed by atoms with E-state index in [4.69, 9.17) is 5.11 Å². The molecule has 1 heterocycles. The highest BCUT2D eigenvalue weighted by Crippen LogP contribution is 2.17. The van der Waals surface area contributed by atoms with Crippen LogP contribution in [-0.4, -0.2) is 46.9 Å². The third-order valence-corrected chi connectivity index (χ3v) is 3.50. The minimum atomic E-state index is -0.989. The van der Waals surface area contributed by atoms with Crippen LogP contribution in [0.25, 0.3) is 0 Å². The summed E-state index contributed by atoms with van der Waals surface area (Å²) in [6.07, 6.45) is 1.36. The number of aliphatic carboxylic acids is 1. The molecule has 1 aromatic carbocycles. The van der Waals surface area contributed by atoms with Crippen molar-refractivity contribution < 1.29 is 19.5 Å². The highest BCUT2D eigenvalue weighted by atomic mass is 16.4. The Hall–Kier alpha value is -2.37. The van der Waals surface area contributed by atoms with E-state index in [2.05, 4.69) is 5.32 Å². The molecule has 1 atom stereocenters. The molecular formula is C15H18N2O4. The topological polar surface area (TPSA) is 86.7 Å². The van der Waals surface area contributed by atoms with E-state index in [0.29, 0.717) is 19.4 Å². The van der Waals surface area contributed by atoms with Crippen LogP contribution in [0.2, 0.25) is 0 Å². The van der Waals surface area contributed by atoms with Gasteiger partial charge in [-0.3, -0.25) is 9.59 Å². The van der Waals surface area contributed by atoms with Crippen molar-refractivity contribution in [1.29, 1.82) is 0 Å². The molecule has 1 saturated heterocycles. The predicted molar refractivity (Wildman–Crippen MR) is 75.5 cm³/mol. The number of nitrogens with zero attached hydrogens (tertiary/aromatic N) is 1. The molecular weight excluding hydrogens is 272 g/mol. The van der Waals surface area contributed by atoms with Crippen molar-refractivity contribution in [2.75, 3.05) is 13.1 Å². The van der Waals surface area contributed by atoms with Gasteiger partial charge in [0.15, 0.2) is 0 Å². The first-order valence-corrected chi connectivity index (χ1v) is 6.91. The van der Waals surface area contributed by atoms with Gasteiger partial charge in [-0.2, -0.15) is 0 Å². The zero-order valence-corrected chi connectivity index (χ0v) is 11.6. The fourth-order valence-electron chi connectivity index (χ4n) is 2.44. The van der Waals surface area contributed by atoms with E-state index in [9.17, 15) is 14.4 Å². The van der Waals surface area contributed by atoms with Crippen LogP contribution in [0.1, 0.15) is 18.4 Å². The molecule has 2 amide bonds. The largest absolute Gasteiger partial charge is 0.480 e. The van der Waals surface area contributed by atoms with Crippen molar-refractivity contribution >= 4 is 17.8 Å². The van der Waals surface area contributed by atoms with E-state index in [1.807, 2.05) is 30.3 Å². The fraction of sp³-hybridized carbons (Fsp3) is 0.400. The fourth-order valence-corrected chi connectivity index (χ4v) is 2.44. The average molecular weight is 290 g/mol. The van der Waals surface area contributed by atoms with Gasteiger partial charge in [-0.15, -0.1) is 0 Å². The van der Waals surface area contributed by atoms with Gasteiger partial charge in [0.25, 0.3) is 0 Å². The van der Waals surface area contributed by atoms with Gasteiger partial charge < -0.3 is 15.3 Å². The summed E-state index contributed by atoms with van der Waals surface area (Å²) >= 11 is 0. The number of likely N-dealkylation sites (tertiary alicyclic amines) is 1. The normalized spacial score (nSPS) is 17.5. The highest BCUT2D eigenvalue weighted by Gasteiger charge is 2.33. The van der Waals surface area contributed by atoms with E-state index in [-0.39, 0.29) is 24.8 Å². The number of carbonyl (C=O) groups excluding carboxylic acids is 2. The second kappa shape index (κ2) is 6.88. The van der Waals surface area contributed by atoms with Crippen molar-refractivity contribution in [1.82, 2.24) is 10.2 Å². The first-order valence-electron chi connectivity index (χ1n) is 6.91. The van der Waals surface area contributed by atoms with Crippen LogP contribution in [0, 0.1) is 0 Å². The summed E-state index contributed by atoms with van der Waals surface area (Å²) in [5, 5.41) is 11.6. The van der Waals surface area contributed by atoms with Crippen LogP contribution < -0.4 is 5.32 Å². The Morgan fingerprint density at radius 3 is 2.62 bits per heavy atom. The molecule has 1 unspecified atom stereocenters. The maximum atomic E-state index is 12.0. The number of carboxylic acid groups (broad SMARTS) is 1. The van der Waals surface area contributed by atoms with Gasteiger partial charge in [-0.1, -0.05) is 30.3 Å². The molecule has 0 radical (unpaired) electrons. The zero-order valence-electron chi connectivity index (χ0n) is 11.6. The number of hydrogen-bond acceptors (Lipinski definition) is 3. The molecule has 0 spiro atoms. The number of nitrogens with one attached hydrogen (secondary N) is 1. The van der Waals surface area contributed by atoms with Crippen LogP contribution in [0.3, 0.4) is 0 Å². The molecule has 1 aliphatic rings. The summed E-state index contributed by atoms with van der Waals surface area (Å²) in [4.78, 5) is 36.1. The second-order valence-corrected chi connectivity index (χ2v) is 5.02. The molecule has 21 heavy (non-hydrogen) atoms. The van der Waals surface area contributed by atoms with Crippen LogP contribution in [0.15, 0.2) is 30.3 Å². The third-order valence-electron chi connectivity index (χ3n) is 3.50. The Morgan fingerprint density at radius 1 is 1.24 bits per heavy atom. The lowest BCUT2D eigenvalue weighted by atomic mass is 10.1. The molecule has 0 bridgehead atoms. The zero-order chi connectivity index (χ0) is 15.2. The number of carbonyl (C=O) groups is 3.